The Morgan fingerprint density at radius 3 is 2.67 bits per heavy atom. The van der Waals surface area contributed by atoms with Crippen LogP contribution in [0.5, 0.6) is 0 Å². The number of aliphatic hydroxyl groups is 1. The van der Waals surface area contributed by atoms with Crippen LogP contribution in [0.1, 0.15) is 46.8 Å². The van der Waals surface area contributed by atoms with Gasteiger partial charge in [-0.1, -0.05) is 35.4 Å². The molecule has 2 atom stereocenters. The number of alkyl halides is 2. The molecule has 6 nitrogen and oxygen atoms in total. The van der Waals surface area contributed by atoms with E-state index in [0.29, 0.717) is 30.7 Å². The summed E-state index contributed by atoms with van der Waals surface area (Å²) in [6, 6.07) is 6.46. The molecule has 1 aliphatic heterocycles. The van der Waals surface area contributed by atoms with Crippen molar-refractivity contribution in [2.75, 3.05) is 13.2 Å². The maximum absolute atomic E-state index is 14.8. The molecule has 1 N–H and O–H groups in total. The topological polar surface area (TPSA) is 76.1 Å². The first-order valence-electron chi connectivity index (χ1n) is 11.4. The first-order chi connectivity index (χ1) is 17.0. The highest BCUT2D eigenvalue weighted by atomic mass is 35.5. The minimum atomic E-state index is -3.64. The van der Waals surface area contributed by atoms with E-state index in [9.17, 15) is 23.5 Å². The lowest BCUT2D eigenvalue weighted by Crippen LogP contribution is -2.45. The van der Waals surface area contributed by atoms with Gasteiger partial charge in [0.15, 0.2) is 0 Å². The Labute approximate surface area is 222 Å². The Bertz CT molecular complexity index is 1090. The monoisotopic (exact) mass is 561 g/mol. The molecule has 0 spiro atoms. The molecule has 0 aliphatic carbocycles. The van der Waals surface area contributed by atoms with E-state index in [1.165, 1.54) is 28.4 Å². The van der Waals surface area contributed by atoms with E-state index >= 15 is 0 Å². The summed E-state index contributed by atoms with van der Waals surface area (Å²) in [4.78, 5) is 27.3. The predicted octanol–water partition coefficient (Wildman–Crippen LogP) is 6.47. The standard InChI is InChI=1S/C25H27Cl2F2NO5S/c1-15(2)35-23(32)21-7-6-20(36-21)4-3-10-30-19(9-11-34-24(30)33)5-8-22(31)25(28,29)16-12-17(26)14-18(27)13-16/h5-8,12-15,19,22,31H,3-4,9-11H2,1-2H3/b8-5+. The molecule has 1 fully saturated rings. The zero-order chi connectivity index (χ0) is 26.5. The lowest BCUT2D eigenvalue weighted by molar-refractivity contribution is -0.0929. The first-order valence-corrected chi connectivity index (χ1v) is 13.0. The van der Waals surface area contributed by atoms with Crippen LogP contribution in [0, 0.1) is 0 Å². The number of hydrogen-bond donors (Lipinski definition) is 1. The zero-order valence-corrected chi connectivity index (χ0v) is 22.1. The molecule has 1 aliphatic rings. The second-order valence-electron chi connectivity index (χ2n) is 8.60. The molecule has 2 aromatic rings. The summed E-state index contributed by atoms with van der Waals surface area (Å²) in [6.45, 7) is 4.02. The minimum absolute atomic E-state index is 0.0317. The normalized spacial score (nSPS) is 17.5. The van der Waals surface area contributed by atoms with Crippen molar-refractivity contribution < 1.29 is 33.0 Å². The van der Waals surface area contributed by atoms with Gasteiger partial charge >= 0.3 is 18.0 Å². The molecule has 0 saturated carbocycles. The summed E-state index contributed by atoms with van der Waals surface area (Å²) in [6.07, 6.45) is 1.04. The summed E-state index contributed by atoms with van der Waals surface area (Å²) in [5.74, 6) is -4.01. The Hall–Kier alpha value is -2.20. The molecule has 1 amide bonds. The van der Waals surface area contributed by atoms with Crippen molar-refractivity contribution >= 4 is 46.6 Å². The third-order valence-electron chi connectivity index (χ3n) is 5.44. The number of rotatable bonds is 10. The van der Waals surface area contributed by atoms with Crippen molar-refractivity contribution in [3.8, 4) is 0 Å². The van der Waals surface area contributed by atoms with Crippen LogP contribution in [-0.2, 0) is 21.8 Å². The number of esters is 1. The minimum Gasteiger partial charge on any atom is -0.459 e. The Kier molecular flexibility index (Phi) is 9.74. The lowest BCUT2D eigenvalue weighted by atomic mass is 10.0. The molecule has 36 heavy (non-hydrogen) atoms. The molecule has 1 aromatic carbocycles. The van der Waals surface area contributed by atoms with Gasteiger partial charge in [-0.25, -0.2) is 9.59 Å². The van der Waals surface area contributed by atoms with Crippen LogP contribution in [0.15, 0.2) is 42.5 Å². The molecular formula is C25H27Cl2F2NO5S. The van der Waals surface area contributed by atoms with Crippen LogP contribution < -0.4 is 0 Å². The number of aliphatic hydroxyl groups excluding tert-OH is 1. The molecule has 3 rings (SSSR count). The highest BCUT2D eigenvalue weighted by molar-refractivity contribution is 7.13. The van der Waals surface area contributed by atoms with Gasteiger partial charge in [-0.3, -0.25) is 0 Å². The van der Waals surface area contributed by atoms with E-state index in [1.807, 2.05) is 6.07 Å². The maximum atomic E-state index is 14.8. The van der Waals surface area contributed by atoms with Gasteiger partial charge in [0.05, 0.1) is 18.8 Å². The molecule has 1 saturated heterocycles. The molecule has 1 aromatic heterocycles. The Balaban J connectivity index is 1.61. The van der Waals surface area contributed by atoms with Gasteiger partial charge in [0, 0.05) is 33.5 Å². The predicted molar refractivity (Wildman–Crippen MR) is 135 cm³/mol. The number of nitrogens with zero attached hydrogens (tertiary/aromatic N) is 1. The fourth-order valence-corrected chi connectivity index (χ4v) is 5.15. The number of carbonyl (C=O) groups is 2. The molecule has 0 radical (unpaired) electrons. The number of halogens is 4. The number of thiophene rings is 1. The van der Waals surface area contributed by atoms with Gasteiger partial charge in [-0.2, -0.15) is 8.78 Å². The van der Waals surface area contributed by atoms with E-state index in [2.05, 4.69) is 0 Å². The van der Waals surface area contributed by atoms with Gasteiger partial charge in [-0.15, -0.1) is 11.3 Å². The Morgan fingerprint density at radius 2 is 2.00 bits per heavy atom. The molecule has 11 heteroatoms. The van der Waals surface area contributed by atoms with Crippen molar-refractivity contribution in [2.24, 2.45) is 0 Å². The SMILES string of the molecule is CC(C)OC(=O)c1ccc(CCCN2C(=O)OCCC2/C=C/C(O)C(F)(F)c2cc(Cl)cc(Cl)c2)s1. The van der Waals surface area contributed by atoms with E-state index < -0.39 is 29.7 Å². The number of amides is 1. The largest absolute Gasteiger partial charge is 0.459 e. The maximum Gasteiger partial charge on any atom is 0.410 e. The number of cyclic esters (lactones) is 1. The van der Waals surface area contributed by atoms with Crippen LogP contribution in [-0.4, -0.2) is 53.5 Å². The second-order valence-corrected chi connectivity index (χ2v) is 10.6. The van der Waals surface area contributed by atoms with Crippen molar-refractivity contribution in [1.82, 2.24) is 4.90 Å². The van der Waals surface area contributed by atoms with Crippen molar-refractivity contribution in [2.45, 2.75) is 57.3 Å². The quantitative estimate of drug-likeness (QED) is 0.265. The van der Waals surface area contributed by atoms with Crippen LogP contribution in [0.3, 0.4) is 0 Å². The van der Waals surface area contributed by atoms with Crippen molar-refractivity contribution in [3.05, 3.63) is 67.8 Å². The summed E-state index contributed by atoms with van der Waals surface area (Å²) >= 11 is 13.0. The van der Waals surface area contributed by atoms with E-state index in [0.717, 1.165) is 23.1 Å². The molecular weight excluding hydrogens is 535 g/mol. The average molecular weight is 562 g/mol. The van der Waals surface area contributed by atoms with E-state index in [1.54, 1.807) is 19.9 Å². The number of aryl methyl sites for hydroxylation is 1. The highest BCUT2D eigenvalue weighted by Gasteiger charge is 2.40. The van der Waals surface area contributed by atoms with Gasteiger partial charge in [0.25, 0.3) is 0 Å². The third-order valence-corrected chi connectivity index (χ3v) is 7.00. The summed E-state index contributed by atoms with van der Waals surface area (Å²) in [5, 5.41) is 10.3. The number of ether oxygens (including phenoxy) is 2. The summed E-state index contributed by atoms with van der Waals surface area (Å²) in [5.41, 5.74) is -0.510. The van der Waals surface area contributed by atoms with Gasteiger partial charge < -0.3 is 19.5 Å². The number of carbonyl (C=O) groups excluding carboxylic acids is 2. The fraction of sp³-hybridized carbons (Fsp3) is 0.440. The highest BCUT2D eigenvalue weighted by Crippen LogP contribution is 2.36. The average Bonchev–Trinajstić information content (AvgIpc) is 3.27. The van der Waals surface area contributed by atoms with E-state index in [-0.39, 0.29) is 28.7 Å². The number of hydrogen-bond acceptors (Lipinski definition) is 6. The number of benzene rings is 1. The van der Waals surface area contributed by atoms with Crippen LogP contribution in [0.2, 0.25) is 10.0 Å². The summed E-state index contributed by atoms with van der Waals surface area (Å²) < 4.78 is 39.9. The second kappa shape index (κ2) is 12.4. The van der Waals surface area contributed by atoms with Gasteiger partial charge in [-0.05, 0) is 57.0 Å². The van der Waals surface area contributed by atoms with Crippen LogP contribution in [0.25, 0.3) is 0 Å². The van der Waals surface area contributed by atoms with Crippen LogP contribution in [0.4, 0.5) is 13.6 Å². The van der Waals surface area contributed by atoms with Crippen molar-refractivity contribution in [3.63, 3.8) is 0 Å². The van der Waals surface area contributed by atoms with E-state index in [4.69, 9.17) is 32.7 Å². The molecule has 2 heterocycles. The fourth-order valence-electron chi connectivity index (χ4n) is 3.69. The lowest BCUT2D eigenvalue weighted by Gasteiger charge is -2.33. The van der Waals surface area contributed by atoms with Crippen molar-refractivity contribution in [1.29, 1.82) is 0 Å². The zero-order valence-electron chi connectivity index (χ0n) is 19.8. The van der Waals surface area contributed by atoms with Gasteiger partial charge in [0.1, 0.15) is 11.0 Å². The van der Waals surface area contributed by atoms with Gasteiger partial charge in [0.2, 0.25) is 0 Å². The smallest absolute Gasteiger partial charge is 0.410 e. The molecule has 0 bridgehead atoms. The third kappa shape index (κ3) is 7.41. The molecule has 196 valence electrons. The summed E-state index contributed by atoms with van der Waals surface area (Å²) in [7, 11) is 0. The van der Waals surface area contributed by atoms with Crippen LogP contribution >= 0.6 is 34.5 Å². The first kappa shape index (κ1) is 28.4. The Morgan fingerprint density at radius 1 is 1.31 bits per heavy atom. The molecule has 2 unspecified atom stereocenters.